The van der Waals surface area contributed by atoms with E-state index in [9.17, 15) is 4.79 Å². The number of anilines is 1. The molecule has 0 atom stereocenters. The standard InChI is InChI=1S/C23H22ClN5O2/c1-31-17-3-4-18-20(11-17)26-14-29(23(18)30)13-15-6-8-28(9-7-15)22-12-25-21-10-16(24)2-5-19(21)27-22/h2-5,10-12,14-15H,6-9,13H2,1H3. The van der Waals surface area contributed by atoms with E-state index in [4.69, 9.17) is 21.3 Å². The molecule has 1 fully saturated rings. The Morgan fingerprint density at radius 1 is 1.06 bits per heavy atom. The molecule has 2 aromatic carbocycles. The summed E-state index contributed by atoms with van der Waals surface area (Å²) >= 11 is 6.03. The minimum absolute atomic E-state index is 0.00543. The molecule has 0 radical (unpaired) electrons. The maximum Gasteiger partial charge on any atom is 0.261 e. The van der Waals surface area contributed by atoms with Gasteiger partial charge in [-0.2, -0.15) is 0 Å². The highest BCUT2D eigenvalue weighted by Crippen LogP contribution is 2.25. The molecule has 0 amide bonds. The van der Waals surface area contributed by atoms with Crippen LogP contribution in [0.3, 0.4) is 0 Å². The maximum atomic E-state index is 12.9. The van der Waals surface area contributed by atoms with Gasteiger partial charge in [-0.25, -0.2) is 9.97 Å². The Labute approximate surface area is 184 Å². The first-order valence-corrected chi connectivity index (χ1v) is 10.7. The predicted octanol–water partition coefficient (Wildman–Crippen LogP) is 3.92. The van der Waals surface area contributed by atoms with Crippen molar-refractivity contribution in [2.24, 2.45) is 5.92 Å². The van der Waals surface area contributed by atoms with Gasteiger partial charge in [0, 0.05) is 30.7 Å². The Kier molecular flexibility index (Phi) is 5.19. The van der Waals surface area contributed by atoms with Crippen molar-refractivity contribution in [3.05, 3.63) is 64.3 Å². The van der Waals surface area contributed by atoms with E-state index in [0.29, 0.717) is 34.1 Å². The lowest BCUT2D eigenvalue weighted by Crippen LogP contribution is -2.37. The molecule has 2 aromatic heterocycles. The summed E-state index contributed by atoms with van der Waals surface area (Å²) in [5, 5.41) is 1.28. The van der Waals surface area contributed by atoms with Gasteiger partial charge in [0.2, 0.25) is 0 Å². The number of hydrogen-bond acceptors (Lipinski definition) is 6. The van der Waals surface area contributed by atoms with E-state index in [-0.39, 0.29) is 5.56 Å². The molecule has 0 unspecified atom stereocenters. The summed E-state index contributed by atoms with van der Waals surface area (Å²) in [5.74, 6) is 2.00. The largest absolute Gasteiger partial charge is 0.497 e. The Morgan fingerprint density at radius 3 is 2.71 bits per heavy atom. The zero-order valence-corrected chi connectivity index (χ0v) is 17.9. The third kappa shape index (κ3) is 3.93. The van der Waals surface area contributed by atoms with Crippen LogP contribution in [0, 0.1) is 5.92 Å². The SMILES string of the molecule is COc1ccc2c(=O)n(CC3CCN(c4cnc5cc(Cl)ccc5n4)CC3)cnc2c1. The molecular formula is C23H22ClN5O2. The second-order valence-corrected chi connectivity index (χ2v) is 8.31. The van der Waals surface area contributed by atoms with Gasteiger partial charge in [0.1, 0.15) is 11.6 Å². The van der Waals surface area contributed by atoms with Crippen molar-refractivity contribution < 1.29 is 4.74 Å². The first-order chi connectivity index (χ1) is 15.1. The van der Waals surface area contributed by atoms with Crippen molar-refractivity contribution in [3.8, 4) is 5.75 Å². The van der Waals surface area contributed by atoms with Gasteiger partial charge >= 0.3 is 0 Å². The molecular weight excluding hydrogens is 414 g/mol. The highest BCUT2D eigenvalue weighted by molar-refractivity contribution is 6.31. The van der Waals surface area contributed by atoms with Crippen LogP contribution in [0.4, 0.5) is 5.82 Å². The van der Waals surface area contributed by atoms with E-state index >= 15 is 0 Å². The molecule has 1 aliphatic heterocycles. The van der Waals surface area contributed by atoms with Gasteiger partial charge in [0.05, 0.1) is 41.6 Å². The number of nitrogens with zero attached hydrogens (tertiary/aromatic N) is 5. The summed E-state index contributed by atoms with van der Waals surface area (Å²) in [4.78, 5) is 28.8. The molecule has 5 rings (SSSR count). The van der Waals surface area contributed by atoms with Gasteiger partial charge in [0.15, 0.2) is 0 Å². The Bertz CT molecular complexity index is 1310. The van der Waals surface area contributed by atoms with E-state index in [0.717, 1.165) is 42.8 Å². The molecule has 4 aromatic rings. The molecule has 3 heterocycles. The lowest BCUT2D eigenvalue weighted by Gasteiger charge is -2.32. The van der Waals surface area contributed by atoms with E-state index in [1.165, 1.54) is 0 Å². The van der Waals surface area contributed by atoms with Crippen molar-refractivity contribution in [1.29, 1.82) is 0 Å². The van der Waals surface area contributed by atoms with Crippen molar-refractivity contribution >= 4 is 39.4 Å². The molecule has 1 aliphatic rings. The maximum absolute atomic E-state index is 12.9. The van der Waals surface area contributed by atoms with Crippen LogP contribution in [0.25, 0.3) is 21.9 Å². The summed E-state index contributed by atoms with van der Waals surface area (Å²) in [6, 6.07) is 10.9. The summed E-state index contributed by atoms with van der Waals surface area (Å²) in [7, 11) is 1.61. The molecule has 0 saturated carbocycles. The number of fused-ring (bicyclic) bond motifs is 2. The predicted molar refractivity (Wildman–Crippen MR) is 122 cm³/mol. The summed E-state index contributed by atoms with van der Waals surface area (Å²) in [6.45, 7) is 2.43. The highest BCUT2D eigenvalue weighted by atomic mass is 35.5. The van der Waals surface area contributed by atoms with Crippen molar-refractivity contribution in [2.75, 3.05) is 25.1 Å². The zero-order valence-electron chi connectivity index (χ0n) is 17.2. The molecule has 0 N–H and O–H groups in total. The van der Waals surface area contributed by atoms with Crippen LogP contribution < -0.4 is 15.2 Å². The quantitative estimate of drug-likeness (QED) is 0.483. The van der Waals surface area contributed by atoms with Gasteiger partial charge in [0.25, 0.3) is 5.56 Å². The molecule has 7 nitrogen and oxygen atoms in total. The Hall–Kier alpha value is -3.19. The topological polar surface area (TPSA) is 73.1 Å². The number of aromatic nitrogens is 4. The zero-order chi connectivity index (χ0) is 21.4. The smallest absolute Gasteiger partial charge is 0.261 e. The second kappa shape index (κ2) is 8.15. The highest BCUT2D eigenvalue weighted by Gasteiger charge is 2.22. The van der Waals surface area contributed by atoms with Crippen LogP contribution in [0.5, 0.6) is 5.75 Å². The number of rotatable bonds is 4. The van der Waals surface area contributed by atoms with Crippen molar-refractivity contribution in [2.45, 2.75) is 19.4 Å². The minimum atomic E-state index is -0.00543. The average molecular weight is 436 g/mol. The van der Waals surface area contributed by atoms with Crippen LogP contribution in [-0.4, -0.2) is 39.7 Å². The van der Waals surface area contributed by atoms with Crippen LogP contribution >= 0.6 is 11.6 Å². The van der Waals surface area contributed by atoms with Gasteiger partial charge in [-0.1, -0.05) is 11.6 Å². The van der Waals surface area contributed by atoms with Gasteiger partial charge in [-0.05, 0) is 49.1 Å². The van der Waals surface area contributed by atoms with Crippen molar-refractivity contribution in [1.82, 2.24) is 19.5 Å². The molecule has 0 aliphatic carbocycles. The Morgan fingerprint density at radius 2 is 1.90 bits per heavy atom. The second-order valence-electron chi connectivity index (χ2n) is 7.88. The van der Waals surface area contributed by atoms with Crippen LogP contribution in [0.15, 0.2) is 53.7 Å². The number of piperidine rings is 1. The van der Waals surface area contributed by atoms with Gasteiger partial charge < -0.3 is 9.64 Å². The van der Waals surface area contributed by atoms with Gasteiger partial charge in [-0.3, -0.25) is 14.3 Å². The van der Waals surface area contributed by atoms with Gasteiger partial charge in [-0.15, -0.1) is 0 Å². The molecule has 8 heteroatoms. The average Bonchev–Trinajstić information content (AvgIpc) is 2.81. The molecule has 31 heavy (non-hydrogen) atoms. The fourth-order valence-corrected chi connectivity index (χ4v) is 4.31. The fraction of sp³-hybridized carbons (Fsp3) is 0.304. The van der Waals surface area contributed by atoms with Crippen LogP contribution in [0.2, 0.25) is 5.02 Å². The van der Waals surface area contributed by atoms with E-state index in [1.54, 1.807) is 36.2 Å². The molecule has 0 bridgehead atoms. The van der Waals surface area contributed by atoms with E-state index in [2.05, 4.69) is 14.9 Å². The number of methoxy groups -OCH3 is 1. The Balaban J connectivity index is 1.28. The summed E-state index contributed by atoms with van der Waals surface area (Å²) in [6.07, 6.45) is 5.42. The fourth-order valence-electron chi connectivity index (χ4n) is 4.14. The molecule has 1 saturated heterocycles. The van der Waals surface area contributed by atoms with E-state index in [1.807, 2.05) is 24.4 Å². The number of hydrogen-bond donors (Lipinski definition) is 0. The van der Waals surface area contributed by atoms with Crippen LogP contribution in [0.1, 0.15) is 12.8 Å². The van der Waals surface area contributed by atoms with E-state index < -0.39 is 0 Å². The number of ether oxygens (including phenoxy) is 1. The summed E-state index contributed by atoms with van der Waals surface area (Å²) < 4.78 is 6.95. The molecule has 158 valence electrons. The third-order valence-corrected chi connectivity index (χ3v) is 6.15. The third-order valence-electron chi connectivity index (χ3n) is 5.92. The van der Waals surface area contributed by atoms with Crippen molar-refractivity contribution in [3.63, 3.8) is 0 Å². The minimum Gasteiger partial charge on any atom is -0.497 e. The monoisotopic (exact) mass is 435 g/mol. The summed E-state index contributed by atoms with van der Waals surface area (Å²) in [5.41, 5.74) is 2.29. The number of benzene rings is 2. The first kappa shape index (κ1) is 19.8. The normalized spacial score (nSPS) is 15.0. The first-order valence-electron chi connectivity index (χ1n) is 10.3. The lowest BCUT2D eigenvalue weighted by molar-refractivity contribution is 0.351. The number of halogens is 1. The van der Waals surface area contributed by atoms with Crippen LogP contribution in [-0.2, 0) is 6.54 Å². The lowest BCUT2D eigenvalue weighted by atomic mass is 9.96. The molecule has 0 spiro atoms.